The van der Waals surface area contributed by atoms with Crippen molar-refractivity contribution in [3.63, 3.8) is 0 Å². The fourth-order valence-corrected chi connectivity index (χ4v) is 5.79. The zero-order chi connectivity index (χ0) is 30.1. The first-order valence-electron chi connectivity index (χ1n) is 13.0. The van der Waals surface area contributed by atoms with Gasteiger partial charge in [0.05, 0.1) is 23.4 Å². The van der Waals surface area contributed by atoms with E-state index in [-0.39, 0.29) is 4.90 Å². The third-order valence-electron chi connectivity index (χ3n) is 5.97. The van der Waals surface area contributed by atoms with Crippen LogP contribution in [0.4, 0.5) is 5.69 Å². The van der Waals surface area contributed by atoms with Crippen LogP contribution in [-0.4, -0.2) is 33.7 Å². The molecule has 0 aliphatic rings. The molecule has 8 nitrogen and oxygen atoms in total. The van der Waals surface area contributed by atoms with Crippen LogP contribution in [-0.2, 0) is 21.4 Å². The minimum Gasteiger partial charge on any atom is -0.490 e. The zero-order valence-corrected chi connectivity index (χ0v) is 26.1. The van der Waals surface area contributed by atoms with E-state index in [4.69, 9.17) is 21.1 Å². The molecule has 0 aliphatic carbocycles. The highest BCUT2D eigenvalue weighted by Gasteiger charge is 2.27. The number of halogens is 2. The highest BCUT2D eigenvalue weighted by atomic mass is 79.9. The molecule has 0 aromatic heterocycles. The first kappa shape index (κ1) is 31.1. The second kappa shape index (κ2) is 14.4. The van der Waals surface area contributed by atoms with Crippen molar-refractivity contribution in [1.29, 1.82) is 0 Å². The Labute approximate surface area is 259 Å². The van der Waals surface area contributed by atoms with Crippen LogP contribution in [0.5, 0.6) is 11.5 Å². The SMILES string of the molecule is CCOc1cc(/C=N\NC(=O)CN(c2cccc(Br)c2)S(=O)(=O)c2ccc(C)cc2)ccc1OCc1ccc(Cl)cc1. The molecule has 0 spiro atoms. The summed E-state index contributed by atoms with van der Waals surface area (Å²) in [7, 11) is -4.04. The third-order valence-corrected chi connectivity index (χ3v) is 8.50. The summed E-state index contributed by atoms with van der Waals surface area (Å²) in [4.78, 5) is 13.0. The van der Waals surface area contributed by atoms with Gasteiger partial charge in [0.1, 0.15) is 13.2 Å². The minimum absolute atomic E-state index is 0.0752. The molecule has 0 unspecified atom stereocenters. The molecule has 1 amide bonds. The molecular formula is C31H29BrClN3O5S. The minimum atomic E-state index is -4.04. The molecule has 0 atom stereocenters. The molecule has 42 heavy (non-hydrogen) atoms. The summed E-state index contributed by atoms with van der Waals surface area (Å²) >= 11 is 9.33. The number of anilines is 1. The molecule has 4 aromatic rings. The molecule has 11 heteroatoms. The molecule has 4 aromatic carbocycles. The van der Waals surface area contributed by atoms with Crippen LogP contribution < -0.4 is 19.2 Å². The Hall–Kier alpha value is -3.86. The Kier molecular flexibility index (Phi) is 10.6. The van der Waals surface area contributed by atoms with Crippen LogP contribution in [0.2, 0.25) is 5.02 Å². The molecule has 4 rings (SSSR count). The van der Waals surface area contributed by atoms with Gasteiger partial charge >= 0.3 is 0 Å². The van der Waals surface area contributed by atoms with Crippen molar-refractivity contribution in [3.8, 4) is 11.5 Å². The summed E-state index contributed by atoms with van der Waals surface area (Å²) in [5.41, 5.74) is 5.28. The highest BCUT2D eigenvalue weighted by molar-refractivity contribution is 9.10. The van der Waals surface area contributed by atoms with Crippen LogP contribution in [0, 0.1) is 6.92 Å². The number of sulfonamides is 1. The molecule has 0 bridgehead atoms. The van der Waals surface area contributed by atoms with Crippen molar-refractivity contribution < 1.29 is 22.7 Å². The lowest BCUT2D eigenvalue weighted by Crippen LogP contribution is -2.39. The number of benzene rings is 4. The Morgan fingerprint density at radius 3 is 2.40 bits per heavy atom. The lowest BCUT2D eigenvalue weighted by atomic mass is 10.2. The van der Waals surface area contributed by atoms with Crippen molar-refractivity contribution >= 4 is 55.4 Å². The normalized spacial score (nSPS) is 11.3. The van der Waals surface area contributed by atoms with Crippen molar-refractivity contribution in [2.45, 2.75) is 25.3 Å². The molecule has 0 heterocycles. The van der Waals surface area contributed by atoms with E-state index in [1.165, 1.54) is 18.3 Å². The summed E-state index contributed by atoms with van der Waals surface area (Å²) in [6.45, 7) is 4.01. The second-order valence-corrected chi connectivity index (χ2v) is 12.4. The Bertz CT molecular complexity index is 1660. The van der Waals surface area contributed by atoms with Crippen LogP contribution in [0.3, 0.4) is 0 Å². The van der Waals surface area contributed by atoms with E-state index in [1.807, 2.05) is 26.0 Å². The first-order chi connectivity index (χ1) is 20.2. The number of hydrogen-bond donors (Lipinski definition) is 1. The van der Waals surface area contributed by atoms with Gasteiger partial charge in [0.2, 0.25) is 0 Å². The number of carbonyl (C=O) groups is 1. The number of amides is 1. The smallest absolute Gasteiger partial charge is 0.264 e. The van der Waals surface area contributed by atoms with Crippen LogP contribution in [0.25, 0.3) is 0 Å². The lowest BCUT2D eigenvalue weighted by molar-refractivity contribution is -0.119. The molecule has 0 fully saturated rings. The fourth-order valence-electron chi connectivity index (χ4n) is 3.86. The van der Waals surface area contributed by atoms with E-state index in [0.717, 1.165) is 15.4 Å². The Morgan fingerprint density at radius 2 is 1.71 bits per heavy atom. The number of ether oxygens (including phenoxy) is 2. The van der Waals surface area contributed by atoms with Crippen LogP contribution in [0.1, 0.15) is 23.6 Å². The number of carbonyl (C=O) groups excluding carboxylic acids is 1. The topological polar surface area (TPSA) is 97.3 Å². The largest absolute Gasteiger partial charge is 0.490 e. The van der Waals surface area contributed by atoms with E-state index in [1.54, 1.807) is 66.7 Å². The Morgan fingerprint density at radius 1 is 0.976 bits per heavy atom. The van der Waals surface area contributed by atoms with Gasteiger partial charge in [-0.05, 0) is 85.6 Å². The molecule has 1 N–H and O–H groups in total. The number of rotatable bonds is 12. The number of nitrogens with zero attached hydrogens (tertiary/aromatic N) is 2. The lowest BCUT2D eigenvalue weighted by Gasteiger charge is -2.24. The van der Waals surface area contributed by atoms with Crippen molar-refractivity contribution in [2.24, 2.45) is 5.10 Å². The highest BCUT2D eigenvalue weighted by Crippen LogP contribution is 2.29. The van der Waals surface area contributed by atoms with E-state index in [9.17, 15) is 13.2 Å². The Balaban J connectivity index is 1.47. The summed E-state index contributed by atoms with van der Waals surface area (Å²) < 4.78 is 40.5. The van der Waals surface area contributed by atoms with E-state index >= 15 is 0 Å². The van der Waals surface area contributed by atoms with Gasteiger partial charge in [0, 0.05) is 9.50 Å². The number of hydrazone groups is 1. The maximum Gasteiger partial charge on any atom is 0.264 e. The van der Waals surface area contributed by atoms with E-state index < -0.39 is 22.5 Å². The average Bonchev–Trinajstić information content (AvgIpc) is 2.96. The summed E-state index contributed by atoms with van der Waals surface area (Å²) in [6.07, 6.45) is 1.45. The maximum atomic E-state index is 13.5. The monoisotopic (exact) mass is 669 g/mol. The fraction of sp³-hybridized carbons (Fsp3) is 0.161. The van der Waals surface area contributed by atoms with Crippen LogP contribution in [0.15, 0.2) is 105 Å². The zero-order valence-electron chi connectivity index (χ0n) is 23.0. The van der Waals surface area contributed by atoms with Crippen molar-refractivity contribution in [2.75, 3.05) is 17.5 Å². The molecule has 0 radical (unpaired) electrons. The van der Waals surface area contributed by atoms with Gasteiger partial charge in [-0.2, -0.15) is 5.10 Å². The standard InChI is InChI=1S/C31H29BrClN3O5S/c1-3-40-30-17-24(11-16-29(30)41-21-23-9-12-26(33)13-10-23)19-34-35-31(37)20-36(27-6-4-5-25(32)18-27)42(38,39)28-14-7-22(2)8-15-28/h4-19H,3,20-21H2,1-2H3,(H,35,37)/b34-19-. The summed E-state index contributed by atoms with van der Waals surface area (Å²) in [6, 6.07) is 25.8. The molecule has 0 saturated heterocycles. The second-order valence-electron chi connectivity index (χ2n) is 9.15. The van der Waals surface area contributed by atoms with E-state index in [0.29, 0.717) is 45.5 Å². The third kappa shape index (κ3) is 8.34. The quantitative estimate of drug-likeness (QED) is 0.133. The van der Waals surface area contributed by atoms with Gasteiger partial charge in [0.15, 0.2) is 11.5 Å². The van der Waals surface area contributed by atoms with E-state index in [2.05, 4.69) is 26.5 Å². The van der Waals surface area contributed by atoms with Gasteiger partial charge < -0.3 is 9.47 Å². The van der Waals surface area contributed by atoms with Gasteiger partial charge in [-0.15, -0.1) is 0 Å². The van der Waals surface area contributed by atoms with Crippen LogP contribution >= 0.6 is 27.5 Å². The predicted molar refractivity (Wildman–Crippen MR) is 169 cm³/mol. The molecule has 0 saturated carbocycles. The van der Waals surface area contributed by atoms with Gasteiger partial charge in [-0.1, -0.05) is 63.4 Å². The average molecular weight is 671 g/mol. The molecule has 0 aliphatic heterocycles. The number of hydrogen-bond acceptors (Lipinski definition) is 6. The summed E-state index contributed by atoms with van der Waals surface area (Å²) in [5.74, 6) is 0.459. The number of aryl methyl sites for hydroxylation is 1. The van der Waals surface area contributed by atoms with Gasteiger partial charge in [0.25, 0.3) is 15.9 Å². The molecule has 218 valence electrons. The summed E-state index contributed by atoms with van der Waals surface area (Å²) in [5, 5.41) is 4.69. The van der Waals surface area contributed by atoms with Crippen molar-refractivity contribution in [1.82, 2.24) is 5.43 Å². The number of nitrogens with one attached hydrogen (secondary N) is 1. The first-order valence-corrected chi connectivity index (χ1v) is 15.6. The predicted octanol–water partition coefficient (Wildman–Crippen LogP) is 6.73. The van der Waals surface area contributed by atoms with Gasteiger partial charge in [-0.25, -0.2) is 13.8 Å². The molecular weight excluding hydrogens is 642 g/mol. The van der Waals surface area contributed by atoms with Crippen molar-refractivity contribution in [3.05, 3.63) is 117 Å². The maximum absolute atomic E-state index is 13.5. The van der Waals surface area contributed by atoms with Gasteiger partial charge in [-0.3, -0.25) is 9.10 Å².